The lowest BCUT2D eigenvalue weighted by molar-refractivity contribution is -0.141. The van der Waals surface area contributed by atoms with Crippen molar-refractivity contribution in [2.45, 2.75) is 55.2 Å². The van der Waals surface area contributed by atoms with E-state index in [1.165, 1.54) is 16.2 Å². The molecule has 252 valence electrons. The maximum Gasteiger partial charge on any atom is 0.305 e. The number of hydrogen-bond acceptors (Lipinski definition) is 10. The fourth-order valence-electron chi connectivity index (χ4n) is 8.54. The van der Waals surface area contributed by atoms with Gasteiger partial charge in [-0.1, -0.05) is 23.8 Å². The number of thiazole rings is 1. The standard InChI is InChI=1S/C33H39N3O9S2/c1-2-44-21-14-17(7-8-20(21)45-16-22(37)35-10-12-43-13-11-35)24-25-18-15-19(28(25)46-30-29(24)47-33(42)34-30)27-26(18)31(40)36(32(27)41)9-5-3-4-6-23(38)39/h7-8,14,18-19,24-28H,2-6,9-13,15-16H2,1H3,(H,34,42)(H,38,39)/t18?,19?,24-,25?,26?,27?,28?/m1/s1. The number of amides is 3. The molecule has 2 bridgehead atoms. The summed E-state index contributed by atoms with van der Waals surface area (Å²) in [5.41, 5.74) is 0.947. The second-order valence-corrected chi connectivity index (χ2v) is 15.1. The number of thioether (sulfide) groups is 1. The number of likely N-dealkylation sites (tertiary alicyclic amines) is 1. The summed E-state index contributed by atoms with van der Waals surface area (Å²) in [6, 6.07) is 5.74. The molecule has 4 heterocycles. The smallest absolute Gasteiger partial charge is 0.305 e. The number of carboxylic acid groups (broad SMARTS) is 1. The summed E-state index contributed by atoms with van der Waals surface area (Å²) >= 11 is 2.84. The number of H-pyrrole nitrogens is 1. The van der Waals surface area contributed by atoms with Crippen molar-refractivity contribution >= 4 is 46.8 Å². The van der Waals surface area contributed by atoms with Gasteiger partial charge in [-0.15, -0.1) is 11.8 Å². The molecule has 2 saturated carbocycles. The molecule has 0 radical (unpaired) electrons. The molecule has 4 fully saturated rings. The summed E-state index contributed by atoms with van der Waals surface area (Å²) in [6.45, 7) is 4.57. The third kappa shape index (κ3) is 5.86. The summed E-state index contributed by atoms with van der Waals surface area (Å²) in [5.74, 6) is -1.04. The normalized spacial score (nSPS) is 29.1. The highest BCUT2D eigenvalue weighted by Crippen LogP contribution is 2.68. The third-order valence-corrected chi connectivity index (χ3v) is 13.0. The van der Waals surface area contributed by atoms with Gasteiger partial charge in [0.1, 0.15) is 0 Å². The molecule has 14 heteroatoms. The Labute approximate surface area is 280 Å². The summed E-state index contributed by atoms with van der Waals surface area (Å²) < 4.78 is 17.3. The maximum atomic E-state index is 13.8. The van der Waals surface area contributed by atoms with Crippen LogP contribution < -0.4 is 14.3 Å². The summed E-state index contributed by atoms with van der Waals surface area (Å²) in [6.07, 6.45) is 2.63. The van der Waals surface area contributed by atoms with E-state index >= 15 is 0 Å². The minimum absolute atomic E-state index is 0.0103. The molecule has 1 aromatic heterocycles. The molecule has 3 aliphatic heterocycles. The van der Waals surface area contributed by atoms with Crippen molar-refractivity contribution in [1.29, 1.82) is 0 Å². The lowest BCUT2D eigenvalue weighted by Gasteiger charge is -2.43. The summed E-state index contributed by atoms with van der Waals surface area (Å²) in [4.78, 5) is 70.8. The van der Waals surface area contributed by atoms with E-state index in [1.54, 1.807) is 16.7 Å². The fourth-order valence-corrected chi connectivity index (χ4v) is 11.4. The first-order valence-corrected chi connectivity index (χ1v) is 18.2. The lowest BCUT2D eigenvalue weighted by Crippen LogP contribution is -2.43. The molecule has 2 saturated heterocycles. The number of imide groups is 1. The van der Waals surface area contributed by atoms with E-state index in [0.29, 0.717) is 70.2 Å². The number of morpholine rings is 1. The van der Waals surface area contributed by atoms with Gasteiger partial charge < -0.3 is 29.2 Å². The van der Waals surface area contributed by atoms with Gasteiger partial charge in [0.25, 0.3) is 5.91 Å². The van der Waals surface area contributed by atoms with Crippen LogP contribution in [-0.2, 0) is 23.9 Å². The zero-order valence-electron chi connectivity index (χ0n) is 26.2. The van der Waals surface area contributed by atoms with Gasteiger partial charge in [-0.2, -0.15) is 0 Å². The predicted molar refractivity (Wildman–Crippen MR) is 172 cm³/mol. The molecule has 6 unspecified atom stereocenters. The van der Waals surface area contributed by atoms with E-state index in [9.17, 15) is 24.0 Å². The maximum absolute atomic E-state index is 13.8. The Hall–Kier alpha value is -3.36. The number of benzene rings is 1. The number of aromatic nitrogens is 1. The topological polar surface area (TPSA) is 156 Å². The molecule has 3 amide bonds. The van der Waals surface area contributed by atoms with E-state index in [4.69, 9.17) is 19.3 Å². The average Bonchev–Trinajstić information content (AvgIpc) is 3.80. The second-order valence-electron chi connectivity index (χ2n) is 12.9. The first-order valence-electron chi connectivity index (χ1n) is 16.5. The molecule has 7 atom stereocenters. The number of carboxylic acids is 1. The summed E-state index contributed by atoms with van der Waals surface area (Å²) in [7, 11) is 0. The van der Waals surface area contributed by atoms with Crippen LogP contribution in [0.15, 0.2) is 28.0 Å². The van der Waals surface area contributed by atoms with Crippen molar-refractivity contribution in [1.82, 2.24) is 14.8 Å². The van der Waals surface area contributed by atoms with Gasteiger partial charge in [0.05, 0.1) is 36.7 Å². The highest BCUT2D eigenvalue weighted by Gasteiger charge is 2.69. The highest BCUT2D eigenvalue weighted by molar-refractivity contribution is 8.00. The molecule has 2 aliphatic carbocycles. The van der Waals surface area contributed by atoms with Crippen LogP contribution in [0.4, 0.5) is 0 Å². The van der Waals surface area contributed by atoms with Crippen molar-refractivity contribution in [3.05, 3.63) is 38.3 Å². The number of carbonyl (C=O) groups excluding carboxylic acids is 3. The predicted octanol–water partition coefficient (Wildman–Crippen LogP) is 3.19. The van der Waals surface area contributed by atoms with Crippen LogP contribution >= 0.6 is 23.1 Å². The average molecular weight is 686 g/mol. The van der Waals surface area contributed by atoms with Gasteiger partial charge in [-0.3, -0.25) is 28.9 Å². The number of aromatic amines is 1. The molecular weight excluding hydrogens is 647 g/mol. The fraction of sp³-hybridized carbons (Fsp3) is 0.606. The molecule has 1 aromatic carbocycles. The van der Waals surface area contributed by atoms with Crippen molar-refractivity contribution in [3.8, 4) is 11.5 Å². The van der Waals surface area contributed by atoms with Gasteiger partial charge in [-0.25, -0.2) is 0 Å². The molecule has 2 aromatic rings. The largest absolute Gasteiger partial charge is 0.490 e. The number of unbranched alkanes of at least 4 members (excludes halogenated alkanes) is 2. The number of ether oxygens (including phenoxy) is 3. The molecule has 0 spiro atoms. The van der Waals surface area contributed by atoms with Crippen molar-refractivity contribution < 1.29 is 38.5 Å². The van der Waals surface area contributed by atoms with E-state index in [1.807, 2.05) is 25.1 Å². The minimum Gasteiger partial charge on any atom is -0.490 e. The van der Waals surface area contributed by atoms with Crippen LogP contribution in [-0.4, -0.2) is 94.9 Å². The monoisotopic (exact) mass is 685 g/mol. The molecule has 5 aliphatic rings. The van der Waals surface area contributed by atoms with Gasteiger partial charge in [0.2, 0.25) is 11.8 Å². The second kappa shape index (κ2) is 13.3. The van der Waals surface area contributed by atoms with Crippen molar-refractivity contribution in [3.63, 3.8) is 0 Å². The van der Waals surface area contributed by atoms with Crippen LogP contribution in [0, 0.1) is 29.6 Å². The SMILES string of the molecule is CCOc1cc([C@H]2c3sc(=O)[nH]c3SC3C4CC(C5C(=O)N(CCCCCC(=O)O)C(=O)C45)C32)ccc1OCC(=O)N1CCOCC1. The van der Waals surface area contributed by atoms with Crippen LogP contribution in [0.1, 0.15) is 55.4 Å². The van der Waals surface area contributed by atoms with Gasteiger partial charge in [0, 0.05) is 42.1 Å². The Balaban J connectivity index is 1.14. The van der Waals surface area contributed by atoms with E-state index in [-0.39, 0.29) is 76.4 Å². The van der Waals surface area contributed by atoms with Crippen molar-refractivity contribution in [2.24, 2.45) is 29.6 Å². The Morgan fingerprint density at radius 1 is 1.02 bits per heavy atom. The quantitative estimate of drug-likeness (QED) is 0.251. The Morgan fingerprint density at radius 3 is 2.53 bits per heavy atom. The van der Waals surface area contributed by atoms with Crippen LogP contribution in [0.5, 0.6) is 11.5 Å². The van der Waals surface area contributed by atoms with E-state index in [2.05, 4.69) is 4.98 Å². The van der Waals surface area contributed by atoms with E-state index < -0.39 is 5.97 Å². The molecule has 12 nitrogen and oxygen atoms in total. The number of hydrogen-bond donors (Lipinski definition) is 2. The number of aliphatic carboxylic acids is 1. The number of rotatable bonds is 12. The lowest BCUT2D eigenvalue weighted by atomic mass is 9.68. The van der Waals surface area contributed by atoms with Crippen molar-refractivity contribution in [2.75, 3.05) is 46.1 Å². The Kier molecular flexibility index (Phi) is 9.09. The summed E-state index contributed by atoms with van der Waals surface area (Å²) in [5, 5.41) is 9.82. The highest BCUT2D eigenvalue weighted by atomic mass is 32.2. The number of nitrogens with zero attached hydrogens (tertiary/aromatic N) is 2. The molecule has 7 rings (SSSR count). The zero-order chi connectivity index (χ0) is 32.8. The van der Waals surface area contributed by atoms with Crippen LogP contribution in [0.25, 0.3) is 0 Å². The van der Waals surface area contributed by atoms with Gasteiger partial charge >= 0.3 is 10.8 Å². The Morgan fingerprint density at radius 2 is 1.79 bits per heavy atom. The third-order valence-electron chi connectivity index (χ3n) is 10.4. The zero-order valence-corrected chi connectivity index (χ0v) is 27.8. The van der Waals surface area contributed by atoms with E-state index in [0.717, 1.165) is 21.9 Å². The first-order chi connectivity index (χ1) is 22.8. The number of nitrogens with one attached hydrogen (secondary N) is 1. The Bertz CT molecular complexity index is 1620. The first kappa shape index (κ1) is 32.2. The van der Waals surface area contributed by atoms with Gasteiger partial charge in [-0.05, 0) is 61.6 Å². The molecule has 47 heavy (non-hydrogen) atoms. The molecular formula is C33H39N3O9S2. The molecule has 2 N–H and O–H groups in total. The number of fused-ring (bicyclic) bond motifs is 9. The van der Waals surface area contributed by atoms with Gasteiger partial charge in [0.15, 0.2) is 18.1 Å². The van der Waals surface area contributed by atoms with Crippen LogP contribution in [0.3, 0.4) is 0 Å². The van der Waals surface area contributed by atoms with Crippen LogP contribution in [0.2, 0.25) is 0 Å². The number of carbonyl (C=O) groups is 4. The minimum atomic E-state index is -0.844.